The van der Waals surface area contributed by atoms with Gasteiger partial charge >= 0.3 is 6.09 Å². The Morgan fingerprint density at radius 2 is 1.29 bits per heavy atom. The van der Waals surface area contributed by atoms with Crippen LogP contribution in [-0.2, 0) is 24.4 Å². The zero-order valence-corrected chi connectivity index (χ0v) is 31.5. The molecule has 264 valence electrons. The molecule has 0 unspecified atom stereocenters. The van der Waals surface area contributed by atoms with Crippen molar-refractivity contribution < 1.29 is 57.1 Å². The summed E-state index contributed by atoms with van der Waals surface area (Å²) in [5, 5.41) is 0. The first-order valence-corrected chi connectivity index (χ1v) is 17.4. The van der Waals surface area contributed by atoms with Gasteiger partial charge in [0.25, 0.3) is 5.91 Å². The molecule has 0 bridgehead atoms. The lowest BCUT2D eigenvalue weighted by atomic mass is 10.1. The van der Waals surface area contributed by atoms with Gasteiger partial charge in [0.05, 0.1) is 32.9 Å². The number of carbonyl (C=O) groups excluding carboxylic acids is 2. The maximum Gasteiger partial charge on any atom is 0.417 e. The molecular weight excluding hydrogens is 719 g/mol. The molecule has 2 amide bonds. The van der Waals surface area contributed by atoms with Crippen molar-refractivity contribution >= 4 is 12.0 Å². The van der Waals surface area contributed by atoms with Crippen molar-refractivity contribution in [3.8, 4) is 17.2 Å². The number of para-hydroxylation sites is 1. The number of halogens is 1. The van der Waals surface area contributed by atoms with Gasteiger partial charge in [-0.25, -0.2) is 14.3 Å². The fourth-order valence-electron chi connectivity index (χ4n) is 5.44. The molecule has 0 aliphatic rings. The first kappa shape index (κ1) is 40.8. The summed E-state index contributed by atoms with van der Waals surface area (Å²) in [5.41, 5.74) is 1.80. The summed E-state index contributed by atoms with van der Waals surface area (Å²) in [4.78, 5) is 28.1. The Balaban J connectivity index is 0.00000800. The van der Waals surface area contributed by atoms with Gasteiger partial charge in [-0.2, -0.15) is 0 Å². The lowest BCUT2D eigenvalue weighted by Gasteiger charge is -2.21. The molecule has 9 heteroatoms. The van der Waals surface area contributed by atoms with Crippen molar-refractivity contribution in [1.82, 2.24) is 4.90 Å². The highest BCUT2D eigenvalue weighted by Crippen LogP contribution is 2.29. The van der Waals surface area contributed by atoms with E-state index in [9.17, 15) is 9.59 Å². The van der Waals surface area contributed by atoms with Crippen LogP contribution >= 0.6 is 0 Å². The third kappa shape index (κ3) is 14.0. The van der Waals surface area contributed by atoms with Crippen LogP contribution < -0.4 is 42.8 Å². The van der Waals surface area contributed by atoms with Crippen LogP contribution in [0.1, 0.15) is 112 Å². The van der Waals surface area contributed by atoms with E-state index in [1.165, 1.54) is 71.3 Å². The quantitative estimate of drug-likeness (QED) is 0.0701. The molecule has 0 aliphatic carbocycles. The van der Waals surface area contributed by atoms with Gasteiger partial charge in [0.2, 0.25) is 0 Å². The van der Waals surface area contributed by atoms with E-state index in [1.807, 2.05) is 48.1 Å². The van der Waals surface area contributed by atoms with Crippen LogP contribution in [0.25, 0.3) is 0 Å². The molecule has 0 aliphatic heterocycles. The molecule has 0 N–H and O–H groups in total. The van der Waals surface area contributed by atoms with Crippen LogP contribution in [0.5, 0.6) is 17.2 Å². The summed E-state index contributed by atoms with van der Waals surface area (Å²) in [6.45, 7) is 5.77. The Morgan fingerprint density at radius 3 is 1.90 bits per heavy atom. The van der Waals surface area contributed by atoms with Crippen molar-refractivity contribution in [3.63, 3.8) is 0 Å². The van der Waals surface area contributed by atoms with Crippen LogP contribution in [0, 0.1) is 0 Å². The fourth-order valence-corrected chi connectivity index (χ4v) is 5.44. The first-order chi connectivity index (χ1) is 23.0. The van der Waals surface area contributed by atoms with E-state index in [0.717, 1.165) is 35.4 Å². The number of methoxy groups -OCH3 is 2. The third-order valence-corrected chi connectivity index (χ3v) is 8.31. The number of ether oxygens (including phenoxy) is 4. The van der Waals surface area contributed by atoms with Crippen molar-refractivity contribution in [2.75, 3.05) is 20.8 Å². The van der Waals surface area contributed by atoms with Crippen LogP contribution in [0.4, 0.5) is 4.79 Å². The molecule has 2 aromatic carbocycles. The minimum atomic E-state index is -0.751. The van der Waals surface area contributed by atoms with E-state index >= 15 is 0 Å². The Labute approximate surface area is 305 Å². The minimum absolute atomic E-state index is 0. The highest BCUT2D eigenvalue weighted by atomic mass is 127. The Hall–Kier alpha value is -3.34. The molecule has 0 saturated carbocycles. The number of carbonyl (C=O) groups is 2. The van der Waals surface area contributed by atoms with Crippen LogP contribution in [-0.4, -0.2) is 37.7 Å². The van der Waals surface area contributed by atoms with Gasteiger partial charge in [0.1, 0.15) is 18.9 Å². The number of amides is 2. The monoisotopic (exact) mass is 774 g/mol. The van der Waals surface area contributed by atoms with Crippen LogP contribution in [0.15, 0.2) is 67.0 Å². The van der Waals surface area contributed by atoms with E-state index in [4.69, 9.17) is 18.9 Å². The van der Waals surface area contributed by atoms with Crippen LogP contribution in [0.3, 0.4) is 0 Å². The summed E-state index contributed by atoms with van der Waals surface area (Å²) in [6, 6.07) is 16.1. The second kappa shape index (κ2) is 23.9. The van der Waals surface area contributed by atoms with Crippen molar-refractivity contribution in [3.05, 3.63) is 83.7 Å². The summed E-state index contributed by atoms with van der Waals surface area (Å²) < 4.78 is 24.7. The topological polar surface area (TPSA) is 78.2 Å². The van der Waals surface area contributed by atoms with E-state index < -0.39 is 12.0 Å². The molecule has 0 radical (unpaired) electrons. The molecular formula is C39H55IN2O6. The Bertz CT molecular complexity index is 1350. The van der Waals surface area contributed by atoms with Crippen molar-refractivity contribution in [2.24, 2.45) is 0 Å². The van der Waals surface area contributed by atoms with Gasteiger partial charge in [0, 0.05) is 12.1 Å². The summed E-state index contributed by atoms with van der Waals surface area (Å²) in [6.07, 6.45) is 18.6. The lowest BCUT2D eigenvalue weighted by Crippen LogP contribution is -3.00. The molecule has 0 spiro atoms. The number of aromatic nitrogens is 1. The zero-order chi connectivity index (χ0) is 33.7. The van der Waals surface area contributed by atoms with Gasteiger partial charge < -0.3 is 42.9 Å². The predicted molar refractivity (Wildman–Crippen MR) is 185 cm³/mol. The van der Waals surface area contributed by atoms with Crippen LogP contribution in [0.2, 0.25) is 0 Å². The molecule has 0 saturated heterocycles. The SMILES string of the molecule is CCCCCCCCCCCCCCOc1ccc(COC(=O)N(Cc2cc[n+](CC)cc2)C(=O)c2ccccc2OC)cc1OC.[I-]. The summed E-state index contributed by atoms with van der Waals surface area (Å²) in [7, 11) is 3.09. The molecule has 0 fully saturated rings. The van der Waals surface area contributed by atoms with Gasteiger partial charge in [-0.1, -0.05) is 95.8 Å². The Kier molecular flexibility index (Phi) is 20.3. The maximum absolute atomic E-state index is 13.6. The minimum Gasteiger partial charge on any atom is -1.00 e. The summed E-state index contributed by atoms with van der Waals surface area (Å²) in [5.74, 6) is 1.12. The molecule has 3 aromatic rings. The third-order valence-electron chi connectivity index (χ3n) is 8.31. The van der Waals surface area contributed by atoms with Gasteiger partial charge in [0.15, 0.2) is 23.9 Å². The lowest BCUT2D eigenvalue weighted by molar-refractivity contribution is -0.693. The molecule has 0 atom stereocenters. The van der Waals surface area contributed by atoms with E-state index in [-0.39, 0.29) is 42.7 Å². The average molecular weight is 775 g/mol. The zero-order valence-electron chi connectivity index (χ0n) is 29.4. The second-order valence-electron chi connectivity index (χ2n) is 11.9. The molecule has 48 heavy (non-hydrogen) atoms. The second-order valence-corrected chi connectivity index (χ2v) is 11.9. The molecule has 3 rings (SSSR count). The van der Waals surface area contributed by atoms with E-state index in [0.29, 0.717) is 23.9 Å². The Morgan fingerprint density at radius 1 is 0.688 bits per heavy atom. The number of unbranched alkanes of at least 4 members (excludes halogenated alkanes) is 11. The predicted octanol–water partition coefficient (Wildman–Crippen LogP) is 6.07. The normalized spacial score (nSPS) is 10.6. The highest BCUT2D eigenvalue weighted by Gasteiger charge is 2.27. The van der Waals surface area contributed by atoms with Crippen molar-refractivity contribution in [1.29, 1.82) is 0 Å². The molecule has 1 aromatic heterocycles. The number of rotatable bonds is 22. The number of hydrogen-bond acceptors (Lipinski definition) is 6. The van der Waals surface area contributed by atoms with E-state index in [2.05, 4.69) is 6.92 Å². The number of hydrogen-bond donors (Lipinski definition) is 0. The first-order valence-electron chi connectivity index (χ1n) is 17.4. The van der Waals surface area contributed by atoms with Crippen molar-refractivity contribution in [2.45, 2.75) is 111 Å². The van der Waals surface area contributed by atoms with E-state index in [1.54, 1.807) is 37.4 Å². The molecule has 8 nitrogen and oxygen atoms in total. The maximum atomic E-state index is 13.6. The largest absolute Gasteiger partial charge is 1.00 e. The van der Waals surface area contributed by atoms with Gasteiger partial charge in [-0.3, -0.25) is 4.79 Å². The fraction of sp³-hybridized carbons (Fsp3) is 0.513. The number of imide groups is 1. The number of benzene rings is 2. The standard InChI is InChI=1S/C39H55N2O6.HI/c1-5-7-8-9-10-11-12-13-14-15-16-19-28-46-36-23-22-33(29-37(36)45-4)31-47-39(43)41(30-32-24-26-40(6-2)27-25-32)38(42)34-20-17-18-21-35(34)44-3;/h17-18,20-27,29H,5-16,19,28,30-31H2,1-4H3;1H/q+1;/p-1. The number of aryl methyl sites for hydroxylation is 1. The number of nitrogens with zero attached hydrogens (tertiary/aromatic N) is 2. The van der Waals surface area contributed by atoms with Gasteiger partial charge in [-0.15, -0.1) is 0 Å². The molecule has 1 heterocycles. The average Bonchev–Trinajstić information content (AvgIpc) is 3.11. The van der Waals surface area contributed by atoms with Gasteiger partial charge in [-0.05, 0) is 48.7 Å². The highest BCUT2D eigenvalue weighted by molar-refractivity contribution is 6.04. The smallest absolute Gasteiger partial charge is 0.417 e. The summed E-state index contributed by atoms with van der Waals surface area (Å²) >= 11 is 0. The number of pyridine rings is 1.